The highest BCUT2D eigenvalue weighted by atomic mass is 32.2. The van der Waals surface area contributed by atoms with Gasteiger partial charge in [0, 0.05) is 12.2 Å². The van der Waals surface area contributed by atoms with Gasteiger partial charge < -0.3 is 15.8 Å². The number of nitrogens with two attached hydrogens (primary N) is 1. The standard InChI is InChI=1S/C18H20N4O3S/c19-13-6-8-15(9-7-13)26(23,24)22-17-4-1-5-18(16(17)12-21-22)25-14-3-2-10-20-11-14/h1,4-9,12,14,20H,2-3,10-11,19H2. The zero-order chi connectivity index (χ0) is 18.1. The zero-order valence-electron chi connectivity index (χ0n) is 14.1. The number of nitrogens with zero attached hydrogens (tertiary/aromatic N) is 2. The maximum atomic E-state index is 12.9. The molecule has 0 amide bonds. The quantitative estimate of drug-likeness (QED) is 0.680. The highest BCUT2D eigenvalue weighted by Crippen LogP contribution is 2.29. The fraction of sp³-hybridized carbons (Fsp3) is 0.278. The number of rotatable bonds is 4. The minimum Gasteiger partial charge on any atom is -0.488 e. The van der Waals surface area contributed by atoms with Crippen LogP contribution in [0.15, 0.2) is 53.6 Å². The van der Waals surface area contributed by atoms with Gasteiger partial charge in [-0.05, 0) is 55.8 Å². The summed E-state index contributed by atoms with van der Waals surface area (Å²) in [5.74, 6) is 0.648. The van der Waals surface area contributed by atoms with Crippen molar-refractivity contribution < 1.29 is 13.2 Å². The molecule has 1 aromatic heterocycles. The van der Waals surface area contributed by atoms with Crippen LogP contribution in [-0.2, 0) is 10.0 Å². The van der Waals surface area contributed by atoms with Gasteiger partial charge in [-0.1, -0.05) is 6.07 Å². The molecule has 1 saturated heterocycles. The summed E-state index contributed by atoms with van der Waals surface area (Å²) >= 11 is 0. The van der Waals surface area contributed by atoms with E-state index in [9.17, 15) is 8.42 Å². The maximum absolute atomic E-state index is 12.9. The molecule has 136 valence electrons. The predicted molar refractivity (Wildman–Crippen MR) is 99.7 cm³/mol. The highest BCUT2D eigenvalue weighted by molar-refractivity contribution is 7.90. The summed E-state index contributed by atoms with van der Waals surface area (Å²) in [7, 11) is -3.81. The van der Waals surface area contributed by atoms with Gasteiger partial charge >= 0.3 is 0 Å². The summed E-state index contributed by atoms with van der Waals surface area (Å²) in [5, 5.41) is 8.11. The van der Waals surface area contributed by atoms with Gasteiger partial charge in [0.1, 0.15) is 11.9 Å². The van der Waals surface area contributed by atoms with Crippen molar-refractivity contribution in [1.29, 1.82) is 0 Å². The molecule has 1 fully saturated rings. The molecule has 0 spiro atoms. The second kappa shape index (κ2) is 6.62. The lowest BCUT2D eigenvalue weighted by Crippen LogP contribution is -2.37. The lowest BCUT2D eigenvalue weighted by molar-refractivity contribution is 0.169. The monoisotopic (exact) mass is 372 g/mol. The molecule has 7 nitrogen and oxygen atoms in total. The zero-order valence-corrected chi connectivity index (χ0v) is 14.9. The van der Waals surface area contributed by atoms with Crippen molar-refractivity contribution in [3.63, 3.8) is 0 Å². The van der Waals surface area contributed by atoms with E-state index in [-0.39, 0.29) is 11.0 Å². The topological polar surface area (TPSA) is 99.2 Å². The first-order valence-corrected chi connectivity index (χ1v) is 9.95. The van der Waals surface area contributed by atoms with Crippen molar-refractivity contribution >= 4 is 26.6 Å². The van der Waals surface area contributed by atoms with E-state index in [1.807, 2.05) is 6.07 Å². The van der Waals surface area contributed by atoms with E-state index >= 15 is 0 Å². The third-order valence-corrected chi connectivity index (χ3v) is 6.11. The van der Waals surface area contributed by atoms with Gasteiger partial charge in [0.15, 0.2) is 0 Å². The number of piperidine rings is 1. The molecule has 3 N–H and O–H groups in total. The van der Waals surface area contributed by atoms with Crippen LogP contribution in [-0.4, -0.2) is 36.8 Å². The molecule has 2 aromatic carbocycles. The summed E-state index contributed by atoms with van der Waals surface area (Å²) in [6.45, 7) is 1.79. The minimum absolute atomic E-state index is 0.0754. The largest absolute Gasteiger partial charge is 0.488 e. The molecule has 2 heterocycles. The van der Waals surface area contributed by atoms with E-state index in [0.717, 1.165) is 30.0 Å². The first kappa shape index (κ1) is 16.9. The van der Waals surface area contributed by atoms with E-state index in [2.05, 4.69) is 10.4 Å². The molecule has 0 radical (unpaired) electrons. The fourth-order valence-electron chi connectivity index (χ4n) is 3.14. The number of ether oxygens (including phenoxy) is 1. The van der Waals surface area contributed by atoms with E-state index in [1.54, 1.807) is 24.3 Å². The van der Waals surface area contributed by atoms with Crippen LogP contribution in [0, 0.1) is 0 Å². The molecule has 0 bridgehead atoms. The van der Waals surface area contributed by atoms with Gasteiger partial charge in [0.25, 0.3) is 10.0 Å². The molecule has 26 heavy (non-hydrogen) atoms. The maximum Gasteiger partial charge on any atom is 0.283 e. The number of nitrogen functional groups attached to an aromatic ring is 1. The van der Waals surface area contributed by atoms with E-state index in [4.69, 9.17) is 10.5 Å². The number of anilines is 1. The van der Waals surface area contributed by atoms with Crippen LogP contribution in [0.1, 0.15) is 12.8 Å². The van der Waals surface area contributed by atoms with E-state index in [1.165, 1.54) is 18.3 Å². The van der Waals surface area contributed by atoms with Crippen LogP contribution in [0.5, 0.6) is 5.75 Å². The molecule has 1 atom stereocenters. The van der Waals surface area contributed by atoms with Crippen molar-refractivity contribution in [2.75, 3.05) is 18.8 Å². The minimum atomic E-state index is -3.81. The second-order valence-corrected chi connectivity index (χ2v) is 8.10. The lowest BCUT2D eigenvalue weighted by Gasteiger charge is -2.24. The Bertz CT molecular complexity index is 1020. The van der Waals surface area contributed by atoms with Crippen molar-refractivity contribution in [3.05, 3.63) is 48.7 Å². The Labute approximate surface area is 151 Å². The third kappa shape index (κ3) is 3.02. The summed E-state index contributed by atoms with van der Waals surface area (Å²) in [5.41, 5.74) is 6.64. The molecule has 0 aliphatic carbocycles. The average Bonchev–Trinajstić information content (AvgIpc) is 3.09. The molecule has 8 heteroatoms. The SMILES string of the molecule is Nc1ccc(S(=O)(=O)n2ncc3c(OC4CCCNC4)cccc32)cc1. The predicted octanol–water partition coefficient (Wildman–Crippen LogP) is 1.99. The van der Waals surface area contributed by atoms with Gasteiger partial charge in [-0.3, -0.25) is 0 Å². The molecule has 1 aliphatic rings. The number of nitrogens with one attached hydrogen (secondary N) is 1. The summed E-state index contributed by atoms with van der Waals surface area (Å²) in [6.07, 6.45) is 3.65. The van der Waals surface area contributed by atoms with Crippen LogP contribution in [0.2, 0.25) is 0 Å². The van der Waals surface area contributed by atoms with Crippen LogP contribution in [0.3, 0.4) is 0 Å². The Kier molecular flexibility index (Phi) is 4.29. The Morgan fingerprint density at radius 3 is 2.73 bits per heavy atom. The normalized spacial score (nSPS) is 18.1. The highest BCUT2D eigenvalue weighted by Gasteiger charge is 2.22. The molecular formula is C18H20N4O3S. The Hall–Kier alpha value is -2.58. The number of fused-ring (bicyclic) bond motifs is 1. The average molecular weight is 372 g/mol. The van der Waals surface area contributed by atoms with Crippen LogP contribution < -0.4 is 15.8 Å². The van der Waals surface area contributed by atoms with E-state index < -0.39 is 10.0 Å². The molecular weight excluding hydrogens is 352 g/mol. The molecule has 3 aromatic rings. The summed E-state index contributed by atoms with van der Waals surface area (Å²) in [6, 6.07) is 11.4. The van der Waals surface area contributed by atoms with Crippen LogP contribution in [0.25, 0.3) is 10.9 Å². The van der Waals surface area contributed by atoms with Gasteiger partial charge in [-0.25, -0.2) is 0 Å². The Morgan fingerprint density at radius 2 is 2.00 bits per heavy atom. The molecule has 0 saturated carbocycles. The number of hydrogen-bond donors (Lipinski definition) is 2. The van der Waals surface area contributed by atoms with Crippen molar-refractivity contribution in [2.24, 2.45) is 0 Å². The Morgan fingerprint density at radius 1 is 1.19 bits per heavy atom. The van der Waals surface area contributed by atoms with Crippen molar-refractivity contribution in [1.82, 2.24) is 14.5 Å². The van der Waals surface area contributed by atoms with Gasteiger partial charge in [0.2, 0.25) is 0 Å². The number of hydrogen-bond acceptors (Lipinski definition) is 6. The van der Waals surface area contributed by atoms with Gasteiger partial charge in [-0.2, -0.15) is 17.6 Å². The number of aromatic nitrogens is 2. The molecule has 4 rings (SSSR count). The van der Waals surface area contributed by atoms with Crippen molar-refractivity contribution in [3.8, 4) is 5.75 Å². The van der Waals surface area contributed by atoms with Gasteiger partial charge in [-0.15, -0.1) is 0 Å². The smallest absolute Gasteiger partial charge is 0.283 e. The van der Waals surface area contributed by atoms with Crippen molar-refractivity contribution in [2.45, 2.75) is 23.8 Å². The third-order valence-electron chi connectivity index (χ3n) is 4.49. The first-order chi connectivity index (χ1) is 12.6. The first-order valence-electron chi connectivity index (χ1n) is 8.51. The second-order valence-electron chi connectivity index (χ2n) is 6.34. The number of benzene rings is 2. The van der Waals surface area contributed by atoms with Crippen LogP contribution >= 0.6 is 0 Å². The molecule has 1 unspecified atom stereocenters. The Balaban J connectivity index is 1.73. The molecule has 1 aliphatic heterocycles. The summed E-state index contributed by atoms with van der Waals surface area (Å²) in [4.78, 5) is 0.138. The van der Waals surface area contributed by atoms with Crippen LogP contribution in [0.4, 0.5) is 5.69 Å². The lowest BCUT2D eigenvalue weighted by atomic mass is 10.1. The fourth-order valence-corrected chi connectivity index (χ4v) is 4.40. The van der Waals surface area contributed by atoms with E-state index in [0.29, 0.717) is 22.3 Å². The summed E-state index contributed by atoms with van der Waals surface area (Å²) < 4.78 is 33.0. The van der Waals surface area contributed by atoms with Gasteiger partial charge in [0.05, 0.1) is 22.0 Å².